The first kappa shape index (κ1) is 27.3. The fraction of sp³-hybridized carbons (Fsp3) is 0.500. The minimum absolute atomic E-state index is 0.0386. The first-order valence-electron chi connectivity index (χ1n) is 11.6. The molecule has 0 aliphatic rings. The van der Waals surface area contributed by atoms with E-state index in [-0.39, 0.29) is 28.1 Å². The molecule has 1 atom stereocenters. The van der Waals surface area contributed by atoms with Gasteiger partial charge in [0.2, 0.25) is 5.91 Å². The van der Waals surface area contributed by atoms with Crippen LogP contribution in [0.1, 0.15) is 59.8 Å². The molecule has 0 aliphatic carbocycles. The van der Waals surface area contributed by atoms with E-state index >= 15 is 0 Å². The molecule has 3 amide bonds. The fourth-order valence-corrected chi connectivity index (χ4v) is 4.43. The van der Waals surface area contributed by atoms with Gasteiger partial charge in [0, 0.05) is 19.6 Å². The zero-order valence-electron chi connectivity index (χ0n) is 20.4. The predicted molar refractivity (Wildman–Crippen MR) is 135 cm³/mol. The molecule has 0 bridgehead atoms. The number of nitrogens with two attached hydrogens (primary N) is 2. The van der Waals surface area contributed by atoms with Crippen LogP contribution in [0.4, 0.5) is 5.69 Å². The Bertz CT molecular complexity index is 959. The molecule has 186 valence electrons. The lowest BCUT2D eigenvalue weighted by atomic mass is 10.0. The van der Waals surface area contributed by atoms with E-state index in [4.69, 9.17) is 11.5 Å². The second kappa shape index (κ2) is 13.0. The van der Waals surface area contributed by atoms with Crippen LogP contribution in [0.3, 0.4) is 0 Å². The molecule has 0 saturated heterocycles. The lowest BCUT2D eigenvalue weighted by molar-refractivity contribution is -0.126. The summed E-state index contributed by atoms with van der Waals surface area (Å²) in [4.78, 5) is 42.5. The van der Waals surface area contributed by atoms with Crippen molar-refractivity contribution in [2.75, 3.05) is 31.9 Å². The lowest BCUT2D eigenvalue weighted by Gasteiger charge is -2.33. The molecular weight excluding hydrogens is 452 g/mol. The molecule has 1 aromatic carbocycles. The Labute approximate surface area is 205 Å². The Hall–Kier alpha value is -2.98. The molecule has 0 saturated carbocycles. The number of hydrogen-bond acceptors (Lipinski definition) is 7. The Morgan fingerprint density at radius 2 is 1.74 bits per heavy atom. The van der Waals surface area contributed by atoms with E-state index in [1.165, 1.54) is 0 Å². The summed E-state index contributed by atoms with van der Waals surface area (Å²) in [7, 11) is 0. The number of benzene rings is 1. The van der Waals surface area contributed by atoms with Crippen LogP contribution < -0.4 is 16.8 Å². The Kier molecular flexibility index (Phi) is 10.5. The third-order valence-electron chi connectivity index (χ3n) is 5.65. The van der Waals surface area contributed by atoms with Crippen LogP contribution in [0.25, 0.3) is 0 Å². The fourth-order valence-electron chi connectivity index (χ4n) is 3.67. The van der Waals surface area contributed by atoms with Gasteiger partial charge in [0.25, 0.3) is 11.8 Å². The zero-order valence-corrected chi connectivity index (χ0v) is 21.2. The number of primary amides is 1. The van der Waals surface area contributed by atoms with Crippen molar-refractivity contribution in [2.24, 2.45) is 11.7 Å². The number of nitrogens with zero attached hydrogens (tertiary/aromatic N) is 3. The highest BCUT2D eigenvalue weighted by molar-refractivity contribution is 7.09. The average Bonchev–Trinajstić information content (AvgIpc) is 3.21. The van der Waals surface area contributed by atoms with Crippen LogP contribution >= 0.6 is 11.5 Å². The maximum atomic E-state index is 13.7. The minimum atomic E-state index is -0.790. The summed E-state index contributed by atoms with van der Waals surface area (Å²) in [5.41, 5.74) is 12.2. The van der Waals surface area contributed by atoms with E-state index in [1.807, 2.05) is 58.0 Å². The Morgan fingerprint density at radius 3 is 2.26 bits per heavy atom. The number of nitrogens with one attached hydrogen (secondary N) is 1. The van der Waals surface area contributed by atoms with E-state index in [9.17, 15) is 14.4 Å². The molecule has 0 fully saturated rings. The van der Waals surface area contributed by atoms with Gasteiger partial charge in [-0.3, -0.25) is 14.4 Å². The van der Waals surface area contributed by atoms with Crippen molar-refractivity contribution in [2.45, 2.75) is 46.7 Å². The summed E-state index contributed by atoms with van der Waals surface area (Å²) in [5.74, 6) is -1.28. The van der Waals surface area contributed by atoms with Gasteiger partial charge in [-0.2, -0.15) is 4.37 Å². The highest BCUT2D eigenvalue weighted by Gasteiger charge is 2.34. The van der Waals surface area contributed by atoms with Crippen molar-refractivity contribution < 1.29 is 14.4 Å². The second-order valence-corrected chi connectivity index (χ2v) is 9.29. The van der Waals surface area contributed by atoms with Crippen LogP contribution in [-0.2, 0) is 11.3 Å². The molecule has 2 rings (SSSR count). The Balaban J connectivity index is 2.36. The number of aromatic nitrogens is 1. The van der Waals surface area contributed by atoms with Gasteiger partial charge in [-0.25, -0.2) is 0 Å². The van der Waals surface area contributed by atoms with E-state index in [2.05, 4.69) is 14.6 Å². The molecule has 1 heterocycles. The lowest BCUT2D eigenvalue weighted by Crippen LogP contribution is -2.52. The number of carbonyl (C=O) groups excluding carboxylic acids is 3. The molecule has 0 aliphatic heterocycles. The number of anilines is 1. The molecule has 9 nitrogen and oxygen atoms in total. The number of rotatable bonds is 13. The van der Waals surface area contributed by atoms with Gasteiger partial charge < -0.3 is 26.6 Å². The Morgan fingerprint density at radius 1 is 1.09 bits per heavy atom. The van der Waals surface area contributed by atoms with Gasteiger partial charge in [-0.1, -0.05) is 58.0 Å². The smallest absolute Gasteiger partial charge is 0.270 e. The number of amides is 3. The maximum Gasteiger partial charge on any atom is 0.270 e. The monoisotopic (exact) mass is 488 g/mol. The van der Waals surface area contributed by atoms with E-state index < -0.39 is 17.9 Å². The van der Waals surface area contributed by atoms with Crippen LogP contribution in [0.2, 0.25) is 0 Å². The summed E-state index contributed by atoms with van der Waals surface area (Å²) in [6, 6.07) is 8.91. The SMILES string of the molecule is CCN(CC)CCN(C(=O)c1snc(C(N)=O)c1N)[C@@H](CC(C)C)C(=O)NCc1ccccc1. The largest absolute Gasteiger partial charge is 0.395 e. The molecule has 34 heavy (non-hydrogen) atoms. The van der Waals surface area contributed by atoms with Crippen LogP contribution in [0.15, 0.2) is 30.3 Å². The summed E-state index contributed by atoms with van der Waals surface area (Å²) in [6.45, 7) is 11.1. The van der Waals surface area contributed by atoms with E-state index in [1.54, 1.807) is 4.90 Å². The van der Waals surface area contributed by atoms with Gasteiger partial charge in [0.15, 0.2) is 5.69 Å². The summed E-state index contributed by atoms with van der Waals surface area (Å²) < 4.78 is 3.97. The molecule has 5 N–H and O–H groups in total. The van der Waals surface area contributed by atoms with Crippen LogP contribution in [0.5, 0.6) is 0 Å². The quantitative estimate of drug-likeness (QED) is 0.396. The zero-order chi connectivity index (χ0) is 25.3. The third kappa shape index (κ3) is 7.26. The molecular formula is C24H36N6O3S. The summed E-state index contributed by atoms with van der Waals surface area (Å²) in [6.07, 6.45) is 0.478. The topological polar surface area (TPSA) is 135 Å². The minimum Gasteiger partial charge on any atom is -0.395 e. The number of hydrogen-bond donors (Lipinski definition) is 3. The van der Waals surface area contributed by atoms with Crippen molar-refractivity contribution >= 4 is 34.9 Å². The molecule has 2 aromatic rings. The highest BCUT2D eigenvalue weighted by atomic mass is 32.1. The summed E-state index contributed by atoms with van der Waals surface area (Å²) >= 11 is 0.833. The van der Waals surface area contributed by atoms with Gasteiger partial charge in [-0.05, 0) is 42.5 Å². The average molecular weight is 489 g/mol. The summed E-state index contributed by atoms with van der Waals surface area (Å²) in [5, 5.41) is 2.98. The predicted octanol–water partition coefficient (Wildman–Crippen LogP) is 2.34. The molecule has 0 unspecified atom stereocenters. The van der Waals surface area contributed by atoms with E-state index in [0.29, 0.717) is 26.1 Å². The number of nitrogen functional groups attached to an aromatic ring is 1. The first-order valence-corrected chi connectivity index (χ1v) is 12.4. The van der Waals surface area contributed by atoms with Crippen molar-refractivity contribution in [3.63, 3.8) is 0 Å². The van der Waals surface area contributed by atoms with E-state index in [0.717, 1.165) is 30.2 Å². The molecule has 0 spiro atoms. The highest BCUT2D eigenvalue weighted by Crippen LogP contribution is 2.25. The number of carbonyl (C=O) groups is 3. The molecule has 10 heteroatoms. The normalized spacial score (nSPS) is 12.1. The van der Waals surface area contributed by atoms with Crippen LogP contribution in [-0.4, -0.2) is 64.1 Å². The number of likely N-dealkylation sites (N-methyl/N-ethyl adjacent to an activating group) is 1. The van der Waals surface area contributed by atoms with Crippen molar-refractivity contribution in [1.29, 1.82) is 0 Å². The van der Waals surface area contributed by atoms with Crippen LogP contribution in [0, 0.1) is 5.92 Å². The van der Waals surface area contributed by atoms with Crippen molar-refractivity contribution in [1.82, 2.24) is 19.5 Å². The second-order valence-electron chi connectivity index (χ2n) is 8.51. The van der Waals surface area contributed by atoms with Gasteiger partial charge in [0.1, 0.15) is 10.9 Å². The first-order chi connectivity index (χ1) is 16.2. The molecule has 1 aromatic heterocycles. The van der Waals surface area contributed by atoms with Crippen molar-refractivity contribution in [3.8, 4) is 0 Å². The van der Waals surface area contributed by atoms with Crippen molar-refractivity contribution in [3.05, 3.63) is 46.5 Å². The van der Waals surface area contributed by atoms with Gasteiger partial charge >= 0.3 is 0 Å². The maximum absolute atomic E-state index is 13.7. The molecule has 0 radical (unpaired) electrons. The third-order valence-corrected chi connectivity index (χ3v) is 6.50. The standard InChI is InChI=1S/C24H36N6O3S/c1-5-29(6-2)12-13-30(24(33)21-19(25)20(22(26)31)28-34-21)18(14-16(3)4)23(32)27-15-17-10-8-7-9-11-17/h7-11,16,18H,5-6,12-15,25H2,1-4H3,(H2,26,31)(H,27,32)/t18-/m0/s1. The van der Waals surface area contributed by atoms with Gasteiger partial charge in [0.05, 0.1) is 5.69 Å². The van der Waals surface area contributed by atoms with Gasteiger partial charge in [-0.15, -0.1) is 0 Å².